The number of aromatic hydroxyl groups is 1. The van der Waals surface area contributed by atoms with E-state index in [4.69, 9.17) is 4.74 Å². The monoisotopic (exact) mass is 396 g/mol. The predicted octanol–water partition coefficient (Wildman–Crippen LogP) is 1.34. The second kappa shape index (κ2) is 6.89. The molecule has 0 unspecified atom stereocenters. The normalized spacial score (nSPS) is 15.1. The minimum Gasteiger partial charge on any atom is -0.493 e. The number of amides is 1. The highest BCUT2D eigenvalue weighted by Gasteiger charge is 2.27. The van der Waals surface area contributed by atoms with Crippen molar-refractivity contribution in [3.05, 3.63) is 58.5 Å². The topological polar surface area (TPSA) is 143 Å². The number of aromatic nitrogens is 3. The van der Waals surface area contributed by atoms with Gasteiger partial charge in [-0.2, -0.15) is 0 Å². The number of benzene rings is 1. The first kappa shape index (κ1) is 18.4. The van der Waals surface area contributed by atoms with E-state index < -0.39 is 17.8 Å². The quantitative estimate of drug-likeness (QED) is 0.561. The Morgan fingerprint density at radius 2 is 2.07 bits per heavy atom. The summed E-state index contributed by atoms with van der Waals surface area (Å²) in [6, 6.07) is 5.93. The molecule has 0 spiro atoms. The van der Waals surface area contributed by atoms with Gasteiger partial charge in [-0.15, -0.1) is 0 Å². The maximum atomic E-state index is 12.7. The molecule has 1 aliphatic rings. The Balaban J connectivity index is 1.62. The summed E-state index contributed by atoms with van der Waals surface area (Å²) in [4.78, 5) is 43.8. The van der Waals surface area contributed by atoms with Crippen molar-refractivity contribution in [3.8, 4) is 5.88 Å². The molecular formula is C19H16N4O6. The Labute approximate surface area is 163 Å². The van der Waals surface area contributed by atoms with E-state index >= 15 is 0 Å². The predicted molar refractivity (Wildman–Crippen MR) is 97.9 cm³/mol. The molecule has 0 fully saturated rings. The molecule has 1 aromatic carbocycles. The molecule has 1 amide bonds. The molecule has 0 saturated heterocycles. The van der Waals surface area contributed by atoms with Gasteiger partial charge in [-0.25, -0.2) is 24.0 Å². The molecule has 3 aromatic rings. The van der Waals surface area contributed by atoms with Gasteiger partial charge in [0.1, 0.15) is 11.4 Å². The lowest BCUT2D eigenvalue weighted by Crippen LogP contribution is -2.28. The number of ether oxygens (including phenoxy) is 1. The number of aromatic carboxylic acids is 1. The van der Waals surface area contributed by atoms with Gasteiger partial charge in [0.15, 0.2) is 0 Å². The minimum absolute atomic E-state index is 0.0953. The lowest BCUT2D eigenvalue weighted by Gasteiger charge is -2.14. The molecule has 3 N–H and O–H groups in total. The molecule has 0 radical (unpaired) electrons. The van der Waals surface area contributed by atoms with Crippen LogP contribution in [0, 0.1) is 0 Å². The standard InChI is InChI=1S/C19H16N4O6/c1-29-18(28)10-2-4-11-9(6-10)3-5-12(11)21-16(25)13-7-14(17(26)27)23-15(24)8-20-19(23)22-13/h2,4,6-8,12,24H,3,5H2,1H3,(H,21,25)(H,26,27)/t12-/m0/s1. The zero-order valence-corrected chi connectivity index (χ0v) is 15.2. The molecule has 0 bridgehead atoms. The lowest BCUT2D eigenvalue weighted by atomic mass is 10.0. The molecule has 10 nitrogen and oxygen atoms in total. The fourth-order valence-electron chi connectivity index (χ4n) is 3.50. The van der Waals surface area contributed by atoms with Crippen LogP contribution in [-0.2, 0) is 11.2 Å². The highest BCUT2D eigenvalue weighted by Crippen LogP contribution is 2.32. The van der Waals surface area contributed by atoms with Gasteiger partial charge >= 0.3 is 11.9 Å². The number of carbonyl (C=O) groups is 3. The highest BCUT2D eigenvalue weighted by molar-refractivity contribution is 5.96. The van der Waals surface area contributed by atoms with Gasteiger partial charge < -0.3 is 20.3 Å². The zero-order valence-electron chi connectivity index (χ0n) is 15.2. The van der Waals surface area contributed by atoms with Crippen LogP contribution >= 0.6 is 0 Å². The van der Waals surface area contributed by atoms with E-state index in [-0.39, 0.29) is 29.1 Å². The Morgan fingerprint density at radius 3 is 2.79 bits per heavy atom. The van der Waals surface area contributed by atoms with E-state index in [2.05, 4.69) is 15.3 Å². The summed E-state index contributed by atoms with van der Waals surface area (Å²) >= 11 is 0. The van der Waals surface area contributed by atoms with E-state index in [0.717, 1.165) is 27.8 Å². The fourth-order valence-corrected chi connectivity index (χ4v) is 3.50. The zero-order chi connectivity index (χ0) is 20.7. The maximum Gasteiger partial charge on any atom is 0.353 e. The molecule has 2 aromatic heterocycles. The van der Waals surface area contributed by atoms with Crippen LogP contribution in [0.5, 0.6) is 5.88 Å². The van der Waals surface area contributed by atoms with Crippen LogP contribution in [0.15, 0.2) is 30.5 Å². The summed E-state index contributed by atoms with van der Waals surface area (Å²) in [6.07, 6.45) is 2.36. The van der Waals surface area contributed by atoms with Crippen LogP contribution < -0.4 is 5.32 Å². The van der Waals surface area contributed by atoms with Crippen LogP contribution in [-0.4, -0.2) is 49.5 Å². The molecule has 29 heavy (non-hydrogen) atoms. The van der Waals surface area contributed by atoms with Gasteiger partial charge in [-0.3, -0.25) is 4.79 Å². The summed E-state index contributed by atoms with van der Waals surface area (Å²) in [5.74, 6) is -2.80. The number of hydrogen-bond donors (Lipinski definition) is 3. The van der Waals surface area contributed by atoms with E-state index in [1.165, 1.54) is 7.11 Å². The number of carbonyl (C=O) groups excluding carboxylic acids is 2. The number of esters is 1. The van der Waals surface area contributed by atoms with Crippen molar-refractivity contribution in [2.75, 3.05) is 7.11 Å². The number of rotatable bonds is 4. The summed E-state index contributed by atoms with van der Waals surface area (Å²) in [6.45, 7) is 0. The maximum absolute atomic E-state index is 12.7. The Bertz CT molecular complexity index is 1170. The Morgan fingerprint density at radius 1 is 1.28 bits per heavy atom. The number of carboxylic acids is 1. The summed E-state index contributed by atoms with van der Waals surface area (Å²) in [5.41, 5.74) is 1.80. The molecule has 2 heterocycles. The third-order valence-corrected chi connectivity index (χ3v) is 4.86. The van der Waals surface area contributed by atoms with Crippen molar-refractivity contribution >= 4 is 23.6 Å². The van der Waals surface area contributed by atoms with Gasteiger partial charge in [0.25, 0.3) is 5.91 Å². The van der Waals surface area contributed by atoms with Crippen LogP contribution in [0.4, 0.5) is 0 Å². The van der Waals surface area contributed by atoms with Gasteiger partial charge in [0.2, 0.25) is 11.7 Å². The number of aryl methyl sites for hydroxylation is 1. The molecular weight excluding hydrogens is 380 g/mol. The molecule has 10 heteroatoms. The van der Waals surface area contributed by atoms with Gasteiger partial charge in [0, 0.05) is 6.07 Å². The fraction of sp³-hybridized carbons (Fsp3) is 0.211. The summed E-state index contributed by atoms with van der Waals surface area (Å²) in [5, 5.41) is 22.0. The van der Waals surface area contributed by atoms with Crippen molar-refractivity contribution in [1.82, 2.24) is 19.7 Å². The Kier molecular flexibility index (Phi) is 4.38. The van der Waals surface area contributed by atoms with Crippen molar-refractivity contribution in [1.29, 1.82) is 0 Å². The number of hydrogen-bond acceptors (Lipinski definition) is 7. The second-order valence-corrected chi connectivity index (χ2v) is 6.55. The van der Waals surface area contributed by atoms with Crippen LogP contribution in [0.1, 0.15) is 54.9 Å². The van der Waals surface area contributed by atoms with E-state index in [1.807, 2.05) is 0 Å². The number of methoxy groups -OCH3 is 1. The van der Waals surface area contributed by atoms with E-state index in [1.54, 1.807) is 18.2 Å². The summed E-state index contributed by atoms with van der Waals surface area (Å²) in [7, 11) is 1.31. The second-order valence-electron chi connectivity index (χ2n) is 6.55. The van der Waals surface area contributed by atoms with E-state index in [9.17, 15) is 24.6 Å². The third kappa shape index (κ3) is 3.14. The van der Waals surface area contributed by atoms with Crippen molar-refractivity contribution in [2.45, 2.75) is 18.9 Å². The number of imidazole rings is 1. The number of fused-ring (bicyclic) bond motifs is 2. The summed E-state index contributed by atoms with van der Waals surface area (Å²) < 4.78 is 5.66. The largest absolute Gasteiger partial charge is 0.493 e. The minimum atomic E-state index is -1.33. The average molecular weight is 396 g/mol. The number of carboxylic acid groups (broad SMARTS) is 1. The van der Waals surface area contributed by atoms with Crippen LogP contribution in [0.3, 0.4) is 0 Å². The van der Waals surface area contributed by atoms with Crippen LogP contribution in [0.25, 0.3) is 5.78 Å². The van der Waals surface area contributed by atoms with Gasteiger partial charge in [0.05, 0.1) is 24.9 Å². The number of nitrogens with zero attached hydrogens (tertiary/aromatic N) is 3. The van der Waals surface area contributed by atoms with E-state index in [0.29, 0.717) is 18.4 Å². The third-order valence-electron chi connectivity index (χ3n) is 4.86. The highest BCUT2D eigenvalue weighted by atomic mass is 16.5. The molecule has 4 rings (SSSR count). The Hall–Kier alpha value is -3.95. The van der Waals surface area contributed by atoms with Crippen molar-refractivity contribution in [2.24, 2.45) is 0 Å². The smallest absolute Gasteiger partial charge is 0.353 e. The van der Waals surface area contributed by atoms with Crippen LogP contribution in [0.2, 0.25) is 0 Å². The van der Waals surface area contributed by atoms with Gasteiger partial charge in [-0.05, 0) is 36.1 Å². The van der Waals surface area contributed by atoms with Gasteiger partial charge in [-0.1, -0.05) is 6.07 Å². The lowest BCUT2D eigenvalue weighted by molar-refractivity contribution is 0.0599. The molecule has 0 aliphatic heterocycles. The first-order chi connectivity index (χ1) is 13.9. The average Bonchev–Trinajstić information content (AvgIpc) is 3.29. The SMILES string of the molecule is COC(=O)c1ccc2c(c1)CC[C@@H]2NC(=O)c1cc(C(=O)O)n2c(O)cnc2n1. The first-order valence-electron chi connectivity index (χ1n) is 8.72. The number of nitrogens with one attached hydrogen (secondary N) is 1. The van der Waals surface area contributed by atoms with Crippen molar-refractivity contribution < 1.29 is 29.3 Å². The van der Waals surface area contributed by atoms with Crippen molar-refractivity contribution in [3.63, 3.8) is 0 Å². The molecule has 1 atom stereocenters. The molecule has 0 saturated carbocycles. The molecule has 1 aliphatic carbocycles. The first-order valence-corrected chi connectivity index (χ1v) is 8.72. The molecule has 148 valence electrons.